The van der Waals surface area contributed by atoms with Crippen molar-refractivity contribution in [3.63, 3.8) is 0 Å². The van der Waals surface area contributed by atoms with Crippen LogP contribution in [0.15, 0.2) is 30.3 Å². The Hall–Kier alpha value is -1.23. The Kier molecular flexibility index (Phi) is 5.98. The maximum atomic E-state index is 12.0. The predicted molar refractivity (Wildman–Crippen MR) is 67.7 cm³/mol. The van der Waals surface area contributed by atoms with Crippen LogP contribution in [0.25, 0.3) is 0 Å². The number of hydrogen-bond acceptors (Lipinski definition) is 2. The lowest BCUT2D eigenvalue weighted by Crippen LogP contribution is -2.26. The van der Waals surface area contributed by atoms with Crippen molar-refractivity contribution in [1.82, 2.24) is 4.90 Å². The van der Waals surface area contributed by atoms with E-state index in [0.717, 1.165) is 18.7 Å². The minimum atomic E-state index is -4.06. The fraction of sp³-hybridized carbons (Fsp3) is 0.538. The number of anilines is 1. The standard InChI is InChI=1S/C13H19F3N2/c1-18(11-8-13(14,15)16)10-5-9-17-12-6-3-2-4-7-12/h2-4,6-7,17H,5,8-11H2,1H3. The van der Waals surface area contributed by atoms with Gasteiger partial charge in [-0.15, -0.1) is 0 Å². The fourth-order valence-corrected chi connectivity index (χ4v) is 1.57. The van der Waals surface area contributed by atoms with E-state index < -0.39 is 12.6 Å². The molecule has 5 heteroatoms. The summed E-state index contributed by atoms with van der Waals surface area (Å²) in [5, 5.41) is 3.22. The largest absolute Gasteiger partial charge is 0.390 e. The molecule has 0 heterocycles. The molecule has 0 unspecified atom stereocenters. The Labute approximate surface area is 106 Å². The lowest BCUT2D eigenvalue weighted by Gasteiger charge is -2.17. The zero-order chi connectivity index (χ0) is 13.4. The summed E-state index contributed by atoms with van der Waals surface area (Å²) in [5.41, 5.74) is 1.04. The maximum absolute atomic E-state index is 12.0. The van der Waals surface area contributed by atoms with Crippen molar-refractivity contribution in [2.45, 2.75) is 19.0 Å². The fourth-order valence-electron chi connectivity index (χ4n) is 1.57. The van der Waals surface area contributed by atoms with E-state index in [1.165, 1.54) is 0 Å². The molecule has 1 aromatic rings. The average Bonchev–Trinajstić information content (AvgIpc) is 2.33. The smallest absolute Gasteiger partial charge is 0.385 e. The van der Waals surface area contributed by atoms with Gasteiger partial charge in [-0.05, 0) is 32.1 Å². The van der Waals surface area contributed by atoms with Crippen LogP contribution in [0.5, 0.6) is 0 Å². The summed E-state index contributed by atoms with van der Waals surface area (Å²) in [4.78, 5) is 1.71. The quantitative estimate of drug-likeness (QED) is 0.756. The highest BCUT2D eigenvalue weighted by Crippen LogP contribution is 2.19. The molecular weight excluding hydrogens is 241 g/mol. The molecule has 0 spiro atoms. The lowest BCUT2D eigenvalue weighted by molar-refractivity contribution is -0.137. The van der Waals surface area contributed by atoms with Crippen LogP contribution in [0.1, 0.15) is 12.8 Å². The van der Waals surface area contributed by atoms with E-state index >= 15 is 0 Å². The second-order valence-corrected chi connectivity index (χ2v) is 4.31. The van der Waals surface area contributed by atoms with Crippen LogP contribution in [0.4, 0.5) is 18.9 Å². The molecule has 1 aromatic carbocycles. The first-order chi connectivity index (χ1) is 8.47. The third-order valence-corrected chi connectivity index (χ3v) is 2.60. The topological polar surface area (TPSA) is 15.3 Å². The normalized spacial score (nSPS) is 11.8. The monoisotopic (exact) mass is 260 g/mol. The molecule has 0 aliphatic carbocycles. The highest BCUT2D eigenvalue weighted by molar-refractivity contribution is 5.42. The number of halogens is 3. The van der Waals surface area contributed by atoms with E-state index in [1.54, 1.807) is 11.9 Å². The van der Waals surface area contributed by atoms with Crippen molar-refractivity contribution >= 4 is 5.69 Å². The molecule has 0 saturated heterocycles. The summed E-state index contributed by atoms with van der Waals surface area (Å²) < 4.78 is 36.0. The van der Waals surface area contributed by atoms with Crippen molar-refractivity contribution in [1.29, 1.82) is 0 Å². The Balaban J connectivity index is 2.07. The Bertz CT molecular complexity index is 325. The summed E-state index contributed by atoms with van der Waals surface area (Å²) >= 11 is 0. The number of rotatable bonds is 7. The van der Waals surface area contributed by atoms with E-state index in [2.05, 4.69) is 5.32 Å². The lowest BCUT2D eigenvalue weighted by atomic mass is 10.3. The van der Waals surface area contributed by atoms with E-state index in [9.17, 15) is 13.2 Å². The van der Waals surface area contributed by atoms with Crippen molar-refractivity contribution in [3.05, 3.63) is 30.3 Å². The van der Waals surface area contributed by atoms with Gasteiger partial charge in [0.2, 0.25) is 0 Å². The number of benzene rings is 1. The molecule has 0 aliphatic rings. The van der Waals surface area contributed by atoms with Gasteiger partial charge in [0.15, 0.2) is 0 Å². The van der Waals surface area contributed by atoms with Crippen molar-refractivity contribution in [2.24, 2.45) is 0 Å². The highest BCUT2D eigenvalue weighted by atomic mass is 19.4. The van der Waals surface area contributed by atoms with Crippen LogP contribution in [-0.4, -0.2) is 37.8 Å². The molecule has 102 valence electrons. The van der Waals surface area contributed by atoms with Gasteiger partial charge in [-0.2, -0.15) is 13.2 Å². The van der Waals surface area contributed by atoms with Gasteiger partial charge in [-0.3, -0.25) is 0 Å². The third kappa shape index (κ3) is 7.17. The predicted octanol–water partition coefficient (Wildman–Crippen LogP) is 3.37. The van der Waals surface area contributed by atoms with Gasteiger partial charge in [0.05, 0.1) is 6.42 Å². The van der Waals surface area contributed by atoms with Gasteiger partial charge in [0.1, 0.15) is 0 Å². The van der Waals surface area contributed by atoms with Crippen LogP contribution in [-0.2, 0) is 0 Å². The van der Waals surface area contributed by atoms with Gasteiger partial charge >= 0.3 is 6.18 Å². The average molecular weight is 260 g/mol. The maximum Gasteiger partial charge on any atom is 0.390 e. The molecule has 1 N–H and O–H groups in total. The van der Waals surface area contributed by atoms with Crippen molar-refractivity contribution < 1.29 is 13.2 Å². The van der Waals surface area contributed by atoms with Gasteiger partial charge < -0.3 is 10.2 Å². The third-order valence-electron chi connectivity index (χ3n) is 2.60. The van der Waals surface area contributed by atoms with Gasteiger partial charge in [0, 0.05) is 18.8 Å². The number of para-hydroxylation sites is 1. The molecule has 0 radical (unpaired) electrons. The molecule has 0 fully saturated rings. The molecular formula is C13H19F3N2. The molecule has 0 saturated carbocycles. The molecule has 0 aliphatic heterocycles. The summed E-state index contributed by atoms with van der Waals surface area (Å²) in [6.45, 7) is 1.49. The number of alkyl halides is 3. The molecule has 1 rings (SSSR count). The van der Waals surface area contributed by atoms with Crippen LogP contribution < -0.4 is 5.32 Å². The molecule has 2 nitrogen and oxygen atoms in total. The SMILES string of the molecule is CN(CCCNc1ccccc1)CCC(F)(F)F. The summed E-state index contributed by atoms with van der Waals surface area (Å²) in [6, 6.07) is 9.76. The summed E-state index contributed by atoms with van der Waals surface area (Å²) in [6.07, 6.45) is -3.98. The summed E-state index contributed by atoms with van der Waals surface area (Å²) in [5.74, 6) is 0. The highest BCUT2D eigenvalue weighted by Gasteiger charge is 2.26. The molecule has 18 heavy (non-hydrogen) atoms. The van der Waals surface area contributed by atoms with Crippen LogP contribution in [0.3, 0.4) is 0 Å². The van der Waals surface area contributed by atoms with Gasteiger partial charge in [-0.25, -0.2) is 0 Å². The van der Waals surface area contributed by atoms with Crippen molar-refractivity contribution in [2.75, 3.05) is 32.0 Å². The van der Waals surface area contributed by atoms with Gasteiger partial charge in [0.25, 0.3) is 0 Å². The molecule has 0 aromatic heterocycles. The Morgan fingerprint density at radius 2 is 1.78 bits per heavy atom. The van der Waals surface area contributed by atoms with Crippen LogP contribution in [0, 0.1) is 0 Å². The van der Waals surface area contributed by atoms with Crippen LogP contribution >= 0.6 is 0 Å². The second kappa shape index (κ2) is 7.26. The van der Waals surface area contributed by atoms with Crippen molar-refractivity contribution in [3.8, 4) is 0 Å². The summed E-state index contributed by atoms with van der Waals surface area (Å²) in [7, 11) is 1.72. The minimum absolute atomic E-state index is 0.0643. The van der Waals surface area contributed by atoms with E-state index in [0.29, 0.717) is 6.54 Å². The Morgan fingerprint density at radius 1 is 1.11 bits per heavy atom. The number of nitrogens with zero attached hydrogens (tertiary/aromatic N) is 1. The number of nitrogens with one attached hydrogen (secondary N) is 1. The van der Waals surface area contributed by atoms with Crippen LogP contribution in [0.2, 0.25) is 0 Å². The first kappa shape index (κ1) is 14.8. The first-order valence-electron chi connectivity index (χ1n) is 6.01. The van der Waals surface area contributed by atoms with Gasteiger partial charge in [-0.1, -0.05) is 18.2 Å². The first-order valence-corrected chi connectivity index (χ1v) is 6.01. The molecule has 0 amide bonds. The molecule has 0 bridgehead atoms. The number of hydrogen-bond donors (Lipinski definition) is 1. The zero-order valence-corrected chi connectivity index (χ0v) is 10.5. The zero-order valence-electron chi connectivity index (χ0n) is 10.5. The van der Waals surface area contributed by atoms with E-state index in [1.807, 2.05) is 30.3 Å². The minimum Gasteiger partial charge on any atom is -0.385 e. The Morgan fingerprint density at radius 3 is 2.39 bits per heavy atom. The molecule has 0 atom stereocenters. The van der Waals surface area contributed by atoms with E-state index in [4.69, 9.17) is 0 Å². The second-order valence-electron chi connectivity index (χ2n) is 4.31. The van der Waals surface area contributed by atoms with E-state index in [-0.39, 0.29) is 6.54 Å².